The Kier molecular flexibility index (Phi) is 5.54. The molecule has 118 valence electrons. The van der Waals surface area contributed by atoms with Gasteiger partial charge in [-0.1, -0.05) is 24.3 Å². The van der Waals surface area contributed by atoms with Crippen molar-refractivity contribution in [1.82, 2.24) is 0 Å². The van der Waals surface area contributed by atoms with Crippen LogP contribution in [0.15, 0.2) is 48.5 Å². The number of rotatable bonds is 6. The highest BCUT2D eigenvalue weighted by Gasteiger charge is 2.15. The van der Waals surface area contributed by atoms with Crippen LogP contribution in [0.25, 0.3) is 0 Å². The second kappa shape index (κ2) is 7.40. The van der Waals surface area contributed by atoms with Gasteiger partial charge in [-0.15, -0.1) is 0 Å². The Morgan fingerprint density at radius 3 is 1.41 bits per heavy atom. The topological polar surface area (TPSA) is 110 Å². The van der Waals surface area contributed by atoms with Gasteiger partial charge in [-0.2, -0.15) is 0 Å². The SMILES string of the molecule is NC(CS(=O)CC(N)c1ccc(O)cc1)c1ccc(O)cc1. The zero-order valence-electron chi connectivity index (χ0n) is 12.1. The maximum Gasteiger partial charge on any atom is 0.115 e. The van der Waals surface area contributed by atoms with Crippen molar-refractivity contribution in [2.45, 2.75) is 12.1 Å². The molecule has 2 atom stereocenters. The van der Waals surface area contributed by atoms with Crippen molar-refractivity contribution in [3.63, 3.8) is 0 Å². The summed E-state index contributed by atoms with van der Waals surface area (Å²) in [6.07, 6.45) is 0. The number of benzene rings is 2. The lowest BCUT2D eigenvalue weighted by Gasteiger charge is -2.15. The first-order valence-corrected chi connectivity index (χ1v) is 8.38. The average molecular weight is 320 g/mol. The van der Waals surface area contributed by atoms with Crippen molar-refractivity contribution >= 4 is 10.8 Å². The molecule has 0 aliphatic carbocycles. The first-order chi connectivity index (χ1) is 10.5. The van der Waals surface area contributed by atoms with Gasteiger partial charge in [0.2, 0.25) is 0 Å². The lowest BCUT2D eigenvalue weighted by molar-refractivity contribution is 0.474. The van der Waals surface area contributed by atoms with E-state index in [1.54, 1.807) is 48.5 Å². The third kappa shape index (κ3) is 4.56. The van der Waals surface area contributed by atoms with Crippen molar-refractivity contribution in [3.8, 4) is 11.5 Å². The van der Waals surface area contributed by atoms with Gasteiger partial charge in [0, 0.05) is 34.4 Å². The van der Waals surface area contributed by atoms with Gasteiger partial charge in [0.1, 0.15) is 11.5 Å². The standard InChI is InChI=1S/C16H20N2O3S/c17-15(11-1-5-13(19)6-2-11)9-22(21)10-16(18)12-3-7-14(20)8-4-12/h1-8,15-16,19-20H,9-10,17-18H2. The van der Waals surface area contributed by atoms with E-state index < -0.39 is 10.8 Å². The van der Waals surface area contributed by atoms with Crippen molar-refractivity contribution in [2.24, 2.45) is 11.5 Å². The molecule has 0 aromatic heterocycles. The molecule has 0 saturated carbocycles. The zero-order chi connectivity index (χ0) is 16.1. The molecule has 22 heavy (non-hydrogen) atoms. The van der Waals surface area contributed by atoms with Crippen LogP contribution in [0.4, 0.5) is 0 Å². The first-order valence-electron chi connectivity index (χ1n) is 6.89. The fourth-order valence-corrected chi connectivity index (χ4v) is 3.43. The molecule has 0 saturated heterocycles. The fourth-order valence-electron chi connectivity index (χ4n) is 2.10. The van der Waals surface area contributed by atoms with Crippen LogP contribution >= 0.6 is 0 Å². The van der Waals surface area contributed by atoms with Crippen molar-refractivity contribution in [2.75, 3.05) is 11.5 Å². The molecule has 2 rings (SSSR count). The minimum absolute atomic E-state index is 0.173. The van der Waals surface area contributed by atoms with Crippen LogP contribution in [0.1, 0.15) is 23.2 Å². The summed E-state index contributed by atoms with van der Waals surface area (Å²) in [7, 11) is -1.17. The van der Waals surface area contributed by atoms with Crippen molar-refractivity contribution in [3.05, 3.63) is 59.7 Å². The van der Waals surface area contributed by atoms with Gasteiger partial charge in [0.05, 0.1) is 0 Å². The van der Waals surface area contributed by atoms with Crippen LogP contribution in [0.5, 0.6) is 11.5 Å². The van der Waals surface area contributed by atoms with Gasteiger partial charge in [-0.25, -0.2) is 0 Å². The van der Waals surface area contributed by atoms with Gasteiger partial charge in [0.15, 0.2) is 0 Å². The van der Waals surface area contributed by atoms with Crippen LogP contribution in [0, 0.1) is 0 Å². The van der Waals surface area contributed by atoms with E-state index in [9.17, 15) is 14.4 Å². The molecule has 5 nitrogen and oxygen atoms in total. The molecule has 0 aliphatic heterocycles. The summed E-state index contributed by atoms with van der Waals surface area (Å²) in [4.78, 5) is 0. The van der Waals surface area contributed by atoms with Crippen molar-refractivity contribution < 1.29 is 14.4 Å². The molecule has 0 aliphatic rings. The molecular weight excluding hydrogens is 300 g/mol. The molecule has 0 spiro atoms. The minimum atomic E-state index is -1.17. The Bertz CT molecular complexity index is 573. The molecule has 2 aromatic carbocycles. The predicted molar refractivity (Wildman–Crippen MR) is 87.9 cm³/mol. The van der Waals surface area contributed by atoms with E-state index in [0.29, 0.717) is 11.5 Å². The molecule has 0 radical (unpaired) electrons. The van der Waals surface area contributed by atoms with Gasteiger partial charge in [-0.05, 0) is 35.4 Å². The van der Waals surface area contributed by atoms with Crippen LogP contribution in [0.3, 0.4) is 0 Å². The monoisotopic (exact) mass is 320 g/mol. The lowest BCUT2D eigenvalue weighted by Crippen LogP contribution is -2.24. The lowest BCUT2D eigenvalue weighted by atomic mass is 10.1. The van der Waals surface area contributed by atoms with E-state index >= 15 is 0 Å². The number of aromatic hydroxyl groups is 2. The second-order valence-electron chi connectivity index (χ2n) is 5.17. The Morgan fingerprint density at radius 1 is 0.773 bits per heavy atom. The zero-order valence-corrected chi connectivity index (χ0v) is 12.9. The minimum Gasteiger partial charge on any atom is -0.508 e. The highest BCUT2D eigenvalue weighted by atomic mass is 32.2. The van der Waals surface area contributed by atoms with E-state index in [-0.39, 0.29) is 23.6 Å². The van der Waals surface area contributed by atoms with E-state index in [0.717, 1.165) is 11.1 Å². The van der Waals surface area contributed by atoms with Crippen LogP contribution in [-0.4, -0.2) is 25.9 Å². The molecule has 6 N–H and O–H groups in total. The predicted octanol–water partition coefficient (Wildman–Crippen LogP) is 1.55. The van der Waals surface area contributed by atoms with Crippen LogP contribution < -0.4 is 11.5 Å². The quantitative estimate of drug-likeness (QED) is 0.645. The maximum absolute atomic E-state index is 12.2. The van der Waals surface area contributed by atoms with Gasteiger partial charge in [-0.3, -0.25) is 4.21 Å². The summed E-state index contributed by atoms with van der Waals surface area (Å²) in [6.45, 7) is 0. The van der Waals surface area contributed by atoms with E-state index in [1.807, 2.05) is 0 Å². The number of nitrogens with two attached hydrogens (primary N) is 2. The third-order valence-electron chi connectivity index (χ3n) is 3.37. The van der Waals surface area contributed by atoms with E-state index in [2.05, 4.69) is 0 Å². The Morgan fingerprint density at radius 2 is 1.09 bits per heavy atom. The summed E-state index contributed by atoms with van der Waals surface area (Å²) >= 11 is 0. The summed E-state index contributed by atoms with van der Waals surface area (Å²) < 4.78 is 12.2. The Labute approximate surface area is 132 Å². The smallest absolute Gasteiger partial charge is 0.115 e. The van der Waals surface area contributed by atoms with Crippen molar-refractivity contribution in [1.29, 1.82) is 0 Å². The highest BCUT2D eigenvalue weighted by Crippen LogP contribution is 2.19. The summed E-state index contributed by atoms with van der Waals surface area (Å²) in [5.74, 6) is 0.950. The number of phenols is 2. The molecule has 0 fully saturated rings. The van der Waals surface area contributed by atoms with E-state index in [1.165, 1.54) is 0 Å². The molecule has 0 amide bonds. The van der Waals surface area contributed by atoms with Gasteiger partial charge < -0.3 is 21.7 Å². The molecule has 2 aromatic rings. The maximum atomic E-state index is 12.2. The molecular formula is C16H20N2O3S. The van der Waals surface area contributed by atoms with Crippen LogP contribution in [-0.2, 0) is 10.8 Å². The molecule has 6 heteroatoms. The van der Waals surface area contributed by atoms with Crippen LogP contribution in [0.2, 0.25) is 0 Å². The summed E-state index contributed by atoms with van der Waals surface area (Å²) in [5.41, 5.74) is 13.7. The highest BCUT2D eigenvalue weighted by molar-refractivity contribution is 7.85. The summed E-state index contributed by atoms with van der Waals surface area (Å²) in [6, 6.07) is 12.4. The fraction of sp³-hybridized carbons (Fsp3) is 0.250. The molecule has 0 bridgehead atoms. The molecule has 2 unspecified atom stereocenters. The number of phenolic OH excluding ortho intramolecular Hbond substituents is 2. The number of hydrogen-bond donors (Lipinski definition) is 4. The second-order valence-corrected chi connectivity index (χ2v) is 6.72. The Balaban J connectivity index is 1.91. The third-order valence-corrected chi connectivity index (χ3v) is 4.84. The molecule has 0 heterocycles. The average Bonchev–Trinajstić information content (AvgIpc) is 2.48. The van der Waals surface area contributed by atoms with Gasteiger partial charge in [0.25, 0.3) is 0 Å². The largest absolute Gasteiger partial charge is 0.508 e. The van der Waals surface area contributed by atoms with E-state index in [4.69, 9.17) is 11.5 Å². The normalized spacial score (nSPS) is 15.2. The first kappa shape index (κ1) is 16.5. The Hall–Kier alpha value is -1.89. The number of hydrogen-bond acceptors (Lipinski definition) is 5. The summed E-state index contributed by atoms with van der Waals surface area (Å²) in [5, 5.41) is 18.5. The van der Waals surface area contributed by atoms with Gasteiger partial charge >= 0.3 is 0 Å².